The summed E-state index contributed by atoms with van der Waals surface area (Å²) in [6, 6.07) is 15.1. The highest BCUT2D eigenvalue weighted by Crippen LogP contribution is 2.31. The van der Waals surface area contributed by atoms with Crippen molar-refractivity contribution in [3.8, 4) is 11.3 Å². The summed E-state index contributed by atoms with van der Waals surface area (Å²) in [6.45, 7) is 4.02. The van der Waals surface area contributed by atoms with E-state index < -0.39 is 5.97 Å². The lowest BCUT2D eigenvalue weighted by molar-refractivity contribution is 0.0593. The fourth-order valence-corrected chi connectivity index (χ4v) is 3.05. The van der Waals surface area contributed by atoms with Crippen molar-refractivity contribution in [1.82, 2.24) is 9.78 Å². The van der Waals surface area contributed by atoms with Gasteiger partial charge in [-0.05, 0) is 43.2 Å². The van der Waals surface area contributed by atoms with E-state index in [0.29, 0.717) is 10.0 Å². The van der Waals surface area contributed by atoms with Crippen molar-refractivity contribution in [3.05, 3.63) is 75.4 Å². The number of carbonyl (C=O) groups excluding carboxylic acids is 1. The summed E-state index contributed by atoms with van der Waals surface area (Å²) in [6.07, 6.45) is 0. The van der Waals surface area contributed by atoms with Gasteiger partial charge in [-0.1, -0.05) is 59.1 Å². The molecule has 1 heterocycles. The van der Waals surface area contributed by atoms with Crippen LogP contribution in [-0.2, 0) is 4.74 Å². The Morgan fingerprint density at radius 2 is 1.77 bits per heavy atom. The number of methoxy groups -OCH3 is 1. The van der Waals surface area contributed by atoms with Gasteiger partial charge in [0.15, 0.2) is 5.69 Å². The number of benzene rings is 2. The van der Waals surface area contributed by atoms with Gasteiger partial charge in [-0.2, -0.15) is 5.10 Å². The molecule has 134 valence electrons. The Morgan fingerprint density at radius 1 is 1.08 bits per heavy atom. The topological polar surface area (TPSA) is 44.1 Å². The minimum atomic E-state index is -0.474. The molecule has 0 spiro atoms. The molecule has 0 amide bonds. The van der Waals surface area contributed by atoms with E-state index in [2.05, 4.69) is 5.10 Å². The summed E-state index contributed by atoms with van der Waals surface area (Å²) in [4.78, 5) is 12.0. The third-order valence-electron chi connectivity index (χ3n) is 4.27. The van der Waals surface area contributed by atoms with Crippen LogP contribution in [0.4, 0.5) is 0 Å². The highest BCUT2D eigenvalue weighted by molar-refractivity contribution is 6.42. The minimum absolute atomic E-state index is 0.153. The summed E-state index contributed by atoms with van der Waals surface area (Å²) in [5, 5.41) is 5.45. The molecule has 0 N–H and O–H groups in total. The summed E-state index contributed by atoms with van der Waals surface area (Å²) < 4.78 is 6.63. The molecule has 0 aliphatic carbocycles. The first-order valence-electron chi connectivity index (χ1n) is 8.10. The van der Waals surface area contributed by atoms with Gasteiger partial charge in [-0.15, -0.1) is 0 Å². The van der Waals surface area contributed by atoms with Crippen LogP contribution in [0, 0.1) is 6.92 Å². The van der Waals surface area contributed by atoms with E-state index >= 15 is 0 Å². The second-order valence-electron chi connectivity index (χ2n) is 6.07. The second-order valence-corrected chi connectivity index (χ2v) is 6.88. The number of hydrogen-bond donors (Lipinski definition) is 0. The quantitative estimate of drug-likeness (QED) is 0.549. The molecule has 1 atom stereocenters. The van der Waals surface area contributed by atoms with E-state index in [9.17, 15) is 4.79 Å². The number of ether oxygens (including phenoxy) is 1. The fourth-order valence-electron chi connectivity index (χ4n) is 2.75. The Labute approximate surface area is 162 Å². The summed E-state index contributed by atoms with van der Waals surface area (Å²) in [5.74, 6) is -0.474. The maximum absolute atomic E-state index is 12.0. The van der Waals surface area contributed by atoms with Gasteiger partial charge in [0, 0.05) is 0 Å². The van der Waals surface area contributed by atoms with Crippen LogP contribution in [0.1, 0.15) is 34.6 Å². The zero-order valence-corrected chi connectivity index (χ0v) is 16.2. The summed E-state index contributed by atoms with van der Waals surface area (Å²) in [7, 11) is 1.34. The molecule has 4 nitrogen and oxygen atoms in total. The highest BCUT2D eigenvalue weighted by atomic mass is 35.5. The van der Waals surface area contributed by atoms with Crippen molar-refractivity contribution in [2.75, 3.05) is 7.11 Å². The number of hydrogen-bond acceptors (Lipinski definition) is 3. The molecule has 0 fully saturated rings. The van der Waals surface area contributed by atoms with Crippen LogP contribution in [0.3, 0.4) is 0 Å². The lowest BCUT2D eigenvalue weighted by Gasteiger charge is -2.17. The van der Waals surface area contributed by atoms with Crippen LogP contribution < -0.4 is 0 Å². The molecular formula is C20H18Cl2N2O2. The number of aromatic nitrogens is 2. The molecule has 3 rings (SSSR count). The van der Waals surface area contributed by atoms with Crippen LogP contribution in [-0.4, -0.2) is 22.9 Å². The molecule has 3 aromatic rings. The summed E-state index contributed by atoms with van der Waals surface area (Å²) >= 11 is 12.2. The van der Waals surface area contributed by atoms with Crippen molar-refractivity contribution < 1.29 is 9.53 Å². The fraction of sp³-hybridized carbons (Fsp3) is 0.200. The Hall–Kier alpha value is -2.30. The Bertz CT molecular complexity index is 949. The molecule has 1 unspecified atom stereocenters. The Morgan fingerprint density at radius 3 is 2.38 bits per heavy atom. The van der Waals surface area contributed by atoms with Gasteiger partial charge >= 0.3 is 5.97 Å². The van der Waals surface area contributed by atoms with Gasteiger partial charge in [0.25, 0.3) is 0 Å². The van der Waals surface area contributed by atoms with Gasteiger partial charge in [0.2, 0.25) is 0 Å². The largest absolute Gasteiger partial charge is 0.464 e. The molecule has 0 saturated heterocycles. The van der Waals surface area contributed by atoms with Gasteiger partial charge in [0.05, 0.1) is 28.9 Å². The van der Waals surface area contributed by atoms with E-state index in [1.165, 1.54) is 7.11 Å². The van der Waals surface area contributed by atoms with Gasteiger partial charge in [-0.3, -0.25) is 4.68 Å². The first-order chi connectivity index (χ1) is 12.4. The standard InChI is InChI=1S/C20H18Cl2N2O2/c1-12-4-6-14(7-5-12)19-11-18(20(25)26-3)23-24(19)13(2)15-8-9-16(21)17(22)10-15/h4-11,13H,1-3H3. The average Bonchev–Trinajstić information content (AvgIpc) is 3.08. The SMILES string of the molecule is COC(=O)c1cc(-c2ccc(C)cc2)n(C(C)c2ccc(Cl)c(Cl)c2)n1. The van der Waals surface area contributed by atoms with Gasteiger partial charge in [-0.25, -0.2) is 4.79 Å². The zero-order valence-electron chi connectivity index (χ0n) is 14.7. The number of esters is 1. The molecule has 2 aromatic carbocycles. The molecular weight excluding hydrogens is 371 g/mol. The maximum atomic E-state index is 12.0. The lowest BCUT2D eigenvalue weighted by Crippen LogP contribution is -2.11. The molecule has 6 heteroatoms. The number of nitrogens with zero attached hydrogens (tertiary/aromatic N) is 2. The first kappa shape index (κ1) is 18.5. The third-order valence-corrected chi connectivity index (χ3v) is 5.01. The summed E-state index contributed by atoms with van der Waals surface area (Å²) in [5.41, 5.74) is 4.14. The van der Waals surface area contributed by atoms with Gasteiger partial charge in [0.1, 0.15) is 0 Å². The maximum Gasteiger partial charge on any atom is 0.358 e. The van der Waals surface area contributed by atoms with E-state index in [-0.39, 0.29) is 11.7 Å². The molecule has 0 radical (unpaired) electrons. The third kappa shape index (κ3) is 3.62. The molecule has 0 saturated carbocycles. The smallest absolute Gasteiger partial charge is 0.358 e. The van der Waals surface area contributed by atoms with Crippen molar-refractivity contribution in [1.29, 1.82) is 0 Å². The second kappa shape index (κ2) is 7.52. The number of aryl methyl sites for hydroxylation is 1. The molecule has 1 aromatic heterocycles. The van der Waals surface area contributed by atoms with Crippen LogP contribution >= 0.6 is 23.2 Å². The predicted octanol–water partition coefficient (Wildman–Crippen LogP) is 5.56. The van der Waals surface area contributed by atoms with E-state index in [4.69, 9.17) is 27.9 Å². The van der Waals surface area contributed by atoms with Crippen molar-refractivity contribution in [2.24, 2.45) is 0 Å². The molecule has 0 bridgehead atoms. The van der Waals surface area contributed by atoms with Gasteiger partial charge < -0.3 is 4.74 Å². The monoisotopic (exact) mass is 388 g/mol. The van der Waals surface area contributed by atoms with E-state index in [0.717, 1.165) is 22.4 Å². The minimum Gasteiger partial charge on any atom is -0.464 e. The van der Waals surface area contributed by atoms with Crippen LogP contribution in [0.2, 0.25) is 10.0 Å². The van der Waals surface area contributed by atoms with E-state index in [1.807, 2.05) is 50.2 Å². The molecule has 0 aliphatic rings. The van der Waals surface area contributed by atoms with Crippen LogP contribution in [0.25, 0.3) is 11.3 Å². The first-order valence-corrected chi connectivity index (χ1v) is 8.86. The lowest BCUT2D eigenvalue weighted by atomic mass is 10.1. The Kier molecular flexibility index (Phi) is 5.35. The van der Waals surface area contributed by atoms with Crippen molar-refractivity contribution >= 4 is 29.2 Å². The van der Waals surface area contributed by atoms with Crippen LogP contribution in [0.15, 0.2) is 48.5 Å². The number of halogens is 2. The Balaban J connectivity index is 2.11. The normalized spacial score (nSPS) is 12.0. The van der Waals surface area contributed by atoms with Crippen LogP contribution in [0.5, 0.6) is 0 Å². The highest BCUT2D eigenvalue weighted by Gasteiger charge is 2.20. The zero-order chi connectivity index (χ0) is 18.8. The average molecular weight is 389 g/mol. The van der Waals surface area contributed by atoms with Crippen molar-refractivity contribution in [2.45, 2.75) is 19.9 Å². The molecule has 0 aliphatic heterocycles. The number of rotatable bonds is 4. The van der Waals surface area contributed by atoms with E-state index in [1.54, 1.807) is 16.8 Å². The predicted molar refractivity (Wildman–Crippen MR) is 104 cm³/mol. The molecule has 26 heavy (non-hydrogen) atoms. The number of carbonyl (C=O) groups is 1. The van der Waals surface area contributed by atoms with Crippen molar-refractivity contribution in [3.63, 3.8) is 0 Å².